The van der Waals surface area contributed by atoms with Crippen LogP contribution in [0.2, 0.25) is 0 Å². The first-order valence-corrected chi connectivity index (χ1v) is 7.00. The first kappa shape index (κ1) is 15.2. The lowest BCUT2D eigenvalue weighted by molar-refractivity contribution is 0.189. The molecule has 0 fully saturated rings. The number of benzene rings is 1. The van der Waals surface area contributed by atoms with Crippen molar-refractivity contribution in [2.24, 2.45) is 11.7 Å². The fourth-order valence-corrected chi connectivity index (χ4v) is 2.62. The lowest BCUT2D eigenvalue weighted by atomic mass is 9.97. The standard InChI is InChI=1S/C16H28N2/c1-6-18(11-12(2)3)16(10-17)15-8-7-13(4)9-14(15)5/h7-9,12,16H,6,10-11,17H2,1-5H3. The minimum absolute atomic E-state index is 0.345. The molecule has 2 nitrogen and oxygen atoms in total. The summed E-state index contributed by atoms with van der Waals surface area (Å²) in [7, 11) is 0. The summed E-state index contributed by atoms with van der Waals surface area (Å²) in [6.45, 7) is 13.9. The van der Waals surface area contributed by atoms with Crippen LogP contribution in [0.1, 0.15) is 43.5 Å². The molecule has 1 unspecified atom stereocenters. The van der Waals surface area contributed by atoms with Gasteiger partial charge in [0.15, 0.2) is 0 Å². The number of hydrogen-bond donors (Lipinski definition) is 1. The van der Waals surface area contributed by atoms with Crippen LogP contribution in [0.4, 0.5) is 0 Å². The quantitative estimate of drug-likeness (QED) is 0.837. The van der Waals surface area contributed by atoms with Crippen molar-refractivity contribution in [3.05, 3.63) is 34.9 Å². The summed E-state index contributed by atoms with van der Waals surface area (Å²) in [5, 5.41) is 0. The summed E-state index contributed by atoms with van der Waals surface area (Å²) < 4.78 is 0. The van der Waals surface area contributed by atoms with Crippen LogP contribution < -0.4 is 5.73 Å². The van der Waals surface area contributed by atoms with E-state index in [0.717, 1.165) is 13.1 Å². The van der Waals surface area contributed by atoms with Crippen LogP contribution in [0.25, 0.3) is 0 Å². The van der Waals surface area contributed by atoms with Gasteiger partial charge in [0.25, 0.3) is 0 Å². The number of rotatable bonds is 6. The zero-order chi connectivity index (χ0) is 13.7. The van der Waals surface area contributed by atoms with Gasteiger partial charge in [-0.1, -0.05) is 44.5 Å². The Morgan fingerprint density at radius 3 is 2.33 bits per heavy atom. The minimum atomic E-state index is 0.345. The summed E-state index contributed by atoms with van der Waals surface area (Å²) in [5.41, 5.74) is 10.1. The van der Waals surface area contributed by atoms with Gasteiger partial charge in [-0.2, -0.15) is 0 Å². The predicted octanol–water partition coefficient (Wildman–Crippen LogP) is 3.28. The molecule has 0 radical (unpaired) electrons. The molecule has 0 aromatic heterocycles. The van der Waals surface area contributed by atoms with E-state index in [1.165, 1.54) is 16.7 Å². The fourth-order valence-electron chi connectivity index (χ4n) is 2.62. The lowest BCUT2D eigenvalue weighted by Crippen LogP contribution is -2.36. The maximum Gasteiger partial charge on any atom is 0.0473 e. The second-order valence-electron chi connectivity index (χ2n) is 5.59. The molecule has 0 aliphatic carbocycles. The second-order valence-corrected chi connectivity index (χ2v) is 5.59. The fraction of sp³-hybridized carbons (Fsp3) is 0.625. The largest absolute Gasteiger partial charge is 0.329 e. The zero-order valence-corrected chi connectivity index (χ0v) is 12.5. The number of nitrogens with two attached hydrogens (primary N) is 1. The molecule has 1 atom stereocenters. The summed E-state index contributed by atoms with van der Waals surface area (Å²) in [6.07, 6.45) is 0. The van der Waals surface area contributed by atoms with Crippen molar-refractivity contribution in [2.75, 3.05) is 19.6 Å². The second kappa shape index (κ2) is 6.91. The van der Waals surface area contributed by atoms with Crippen molar-refractivity contribution in [3.63, 3.8) is 0 Å². The number of nitrogens with zero attached hydrogens (tertiary/aromatic N) is 1. The van der Waals surface area contributed by atoms with Gasteiger partial charge in [0, 0.05) is 19.1 Å². The van der Waals surface area contributed by atoms with Crippen LogP contribution in [0.15, 0.2) is 18.2 Å². The van der Waals surface area contributed by atoms with Crippen LogP contribution in [-0.2, 0) is 0 Å². The molecular formula is C16H28N2. The Bertz CT molecular complexity index is 371. The van der Waals surface area contributed by atoms with Crippen molar-refractivity contribution >= 4 is 0 Å². The van der Waals surface area contributed by atoms with Crippen LogP contribution in [0.5, 0.6) is 0 Å². The Balaban J connectivity index is 2.99. The van der Waals surface area contributed by atoms with Crippen molar-refractivity contribution in [1.82, 2.24) is 4.90 Å². The molecule has 0 aliphatic rings. The molecule has 0 saturated carbocycles. The maximum atomic E-state index is 6.02. The molecule has 0 aliphatic heterocycles. The Labute approximate surface area is 112 Å². The van der Waals surface area contributed by atoms with Gasteiger partial charge >= 0.3 is 0 Å². The summed E-state index contributed by atoms with van der Waals surface area (Å²) in [5.74, 6) is 0.671. The number of hydrogen-bond acceptors (Lipinski definition) is 2. The Hall–Kier alpha value is -0.860. The average molecular weight is 248 g/mol. The monoisotopic (exact) mass is 248 g/mol. The van der Waals surface area contributed by atoms with E-state index in [0.29, 0.717) is 18.5 Å². The van der Waals surface area contributed by atoms with E-state index < -0.39 is 0 Å². The molecule has 0 bridgehead atoms. The summed E-state index contributed by atoms with van der Waals surface area (Å²) in [4.78, 5) is 2.49. The molecule has 2 heteroatoms. The highest BCUT2D eigenvalue weighted by Crippen LogP contribution is 2.24. The molecule has 0 amide bonds. The van der Waals surface area contributed by atoms with Gasteiger partial charge in [-0.05, 0) is 37.4 Å². The SMILES string of the molecule is CCN(CC(C)C)C(CN)c1ccc(C)cc1C. The van der Waals surface area contributed by atoms with E-state index >= 15 is 0 Å². The Morgan fingerprint density at radius 1 is 1.22 bits per heavy atom. The van der Waals surface area contributed by atoms with Gasteiger partial charge in [0.05, 0.1) is 0 Å². The highest BCUT2D eigenvalue weighted by molar-refractivity contribution is 5.33. The first-order valence-electron chi connectivity index (χ1n) is 7.00. The maximum absolute atomic E-state index is 6.02. The van der Waals surface area contributed by atoms with Crippen molar-refractivity contribution in [2.45, 2.75) is 40.7 Å². The van der Waals surface area contributed by atoms with Gasteiger partial charge in [0.1, 0.15) is 0 Å². The molecular weight excluding hydrogens is 220 g/mol. The van der Waals surface area contributed by atoms with Crippen LogP contribution in [0, 0.1) is 19.8 Å². The van der Waals surface area contributed by atoms with E-state index in [9.17, 15) is 0 Å². The highest BCUT2D eigenvalue weighted by Gasteiger charge is 2.19. The van der Waals surface area contributed by atoms with Gasteiger partial charge in [-0.25, -0.2) is 0 Å². The van der Waals surface area contributed by atoms with Gasteiger partial charge in [0.2, 0.25) is 0 Å². The molecule has 102 valence electrons. The third-order valence-corrected chi connectivity index (χ3v) is 3.45. The van der Waals surface area contributed by atoms with Crippen molar-refractivity contribution in [1.29, 1.82) is 0 Å². The molecule has 0 spiro atoms. The van der Waals surface area contributed by atoms with E-state index in [1.807, 2.05) is 0 Å². The van der Waals surface area contributed by atoms with Gasteiger partial charge in [-0.15, -0.1) is 0 Å². The van der Waals surface area contributed by atoms with Crippen molar-refractivity contribution in [3.8, 4) is 0 Å². The first-order chi connectivity index (χ1) is 8.49. The highest BCUT2D eigenvalue weighted by atomic mass is 15.2. The molecule has 18 heavy (non-hydrogen) atoms. The normalized spacial score (nSPS) is 13.3. The molecule has 1 aromatic rings. The van der Waals surface area contributed by atoms with Crippen LogP contribution in [0.3, 0.4) is 0 Å². The zero-order valence-electron chi connectivity index (χ0n) is 12.5. The third kappa shape index (κ3) is 3.82. The summed E-state index contributed by atoms with van der Waals surface area (Å²) >= 11 is 0. The predicted molar refractivity (Wildman–Crippen MR) is 79.8 cm³/mol. The molecule has 1 aromatic carbocycles. The third-order valence-electron chi connectivity index (χ3n) is 3.45. The summed E-state index contributed by atoms with van der Waals surface area (Å²) in [6, 6.07) is 7.03. The topological polar surface area (TPSA) is 29.3 Å². The van der Waals surface area contributed by atoms with Gasteiger partial charge < -0.3 is 5.73 Å². The molecule has 0 heterocycles. The average Bonchev–Trinajstić information content (AvgIpc) is 2.30. The van der Waals surface area contributed by atoms with E-state index in [-0.39, 0.29) is 0 Å². The van der Waals surface area contributed by atoms with Crippen LogP contribution in [-0.4, -0.2) is 24.5 Å². The minimum Gasteiger partial charge on any atom is -0.329 e. The van der Waals surface area contributed by atoms with E-state index in [4.69, 9.17) is 5.73 Å². The lowest BCUT2D eigenvalue weighted by Gasteiger charge is -2.32. The van der Waals surface area contributed by atoms with E-state index in [2.05, 4.69) is 57.7 Å². The number of likely N-dealkylation sites (N-methyl/N-ethyl adjacent to an activating group) is 1. The molecule has 1 rings (SSSR count). The Morgan fingerprint density at radius 2 is 1.89 bits per heavy atom. The molecule has 0 saturated heterocycles. The van der Waals surface area contributed by atoms with Crippen LogP contribution >= 0.6 is 0 Å². The van der Waals surface area contributed by atoms with E-state index in [1.54, 1.807) is 0 Å². The smallest absolute Gasteiger partial charge is 0.0473 e. The van der Waals surface area contributed by atoms with Gasteiger partial charge in [-0.3, -0.25) is 4.90 Å². The molecule has 2 N–H and O–H groups in total. The number of aryl methyl sites for hydroxylation is 2. The van der Waals surface area contributed by atoms with Crippen molar-refractivity contribution < 1.29 is 0 Å². The Kier molecular flexibility index (Phi) is 5.83.